The van der Waals surface area contributed by atoms with Crippen LogP contribution in [0.2, 0.25) is 5.02 Å². The molecular weight excluding hydrogens is 352 g/mol. The third-order valence-electron chi connectivity index (χ3n) is 3.98. The number of halogens is 2. The first-order valence-corrected chi connectivity index (χ1v) is 8.19. The Hall–Kier alpha value is -0.880. The number of rotatable bonds is 3. The van der Waals surface area contributed by atoms with E-state index >= 15 is 0 Å². The summed E-state index contributed by atoms with van der Waals surface area (Å²) in [5.41, 5.74) is 2.37. The minimum atomic E-state index is 0.286. The van der Waals surface area contributed by atoms with Gasteiger partial charge in [-0.05, 0) is 27.6 Å². The second kappa shape index (κ2) is 6.48. The Morgan fingerprint density at radius 2 is 2.24 bits per heavy atom. The normalized spacial score (nSPS) is 19.9. The van der Waals surface area contributed by atoms with Gasteiger partial charge in [-0.3, -0.25) is 9.58 Å². The van der Waals surface area contributed by atoms with Gasteiger partial charge in [0.1, 0.15) is 0 Å². The zero-order valence-corrected chi connectivity index (χ0v) is 14.2. The fraction of sp³-hybridized carbons (Fsp3) is 0.400. The monoisotopic (exact) mass is 368 g/mol. The minimum absolute atomic E-state index is 0.286. The van der Waals surface area contributed by atoms with Gasteiger partial charge in [-0.15, -0.1) is 0 Å². The number of hydrogen-bond acceptors (Lipinski definition) is 3. The third kappa shape index (κ3) is 3.16. The van der Waals surface area contributed by atoms with Gasteiger partial charge in [0.25, 0.3) is 0 Å². The van der Waals surface area contributed by atoms with E-state index in [0.717, 1.165) is 35.7 Å². The summed E-state index contributed by atoms with van der Waals surface area (Å²) < 4.78 is 2.98. The summed E-state index contributed by atoms with van der Waals surface area (Å²) in [5.74, 6) is 0. The first-order chi connectivity index (χ1) is 10.2. The Bertz CT molecular complexity index is 608. The topological polar surface area (TPSA) is 33.1 Å². The number of aryl methyl sites for hydroxylation is 1. The summed E-state index contributed by atoms with van der Waals surface area (Å²) >= 11 is 9.97. The Balaban J connectivity index is 1.87. The molecule has 6 heteroatoms. The largest absolute Gasteiger partial charge is 0.314 e. The Morgan fingerprint density at radius 3 is 2.95 bits per heavy atom. The highest BCUT2D eigenvalue weighted by Crippen LogP contribution is 2.30. The fourth-order valence-corrected chi connectivity index (χ4v) is 3.53. The van der Waals surface area contributed by atoms with E-state index in [1.165, 1.54) is 11.3 Å². The maximum Gasteiger partial charge on any atom is 0.0663 e. The van der Waals surface area contributed by atoms with Gasteiger partial charge in [-0.25, -0.2) is 0 Å². The lowest BCUT2D eigenvalue weighted by molar-refractivity contribution is 0.150. The van der Waals surface area contributed by atoms with Crippen molar-refractivity contribution < 1.29 is 0 Å². The van der Waals surface area contributed by atoms with Crippen LogP contribution in [0.15, 0.2) is 34.9 Å². The smallest absolute Gasteiger partial charge is 0.0663 e. The lowest BCUT2D eigenvalue weighted by Gasteiger charge is -2.37. The second-order valence-electron chi connectivity index (χ2n) is 5.27. The van der Waals surface area contributed by atoms with Gasteiger partial charge in [0.15, 0.2) is 0 Å². The number of nitrogens with zero attached hydrogens (tertiary/aromatic N) is 3. The number of hydrogen-bond donors (Lipinski definition) is 1. The Morgan fingerprint density at radius 1 is 1.43 bits per heavy atom. The zero-order valence-electron chi connectivity index (χ0n) is 11.9. The summed E-state index contributed by atoms with van der Waals surface area (Å²) in [6.45, 7) is 3.76. The predicted molar refractivity (Wildman–Crippen MR) is 88.4 cm³/mol. The average Bonchev–Trinajstić information content (AvgIpc) is 2.81. The number of nitrogens with one attached hydrogen (secondary N) is 1. The molecule has 112 valence electrons. The van der Waals surface area contributed by atoms with E-state index in [4.69, 9.17) is 11.6 Å². The maximum absolute atomic E-state index is 6.39. The van der Waals surface area contributed by atoms with E-state index < -0.39 is 0 Å². The highest BCUT2D eigenvalue weighted by molar-refractivity contribution is 9.10. The van der Waals surface area contributed by atoms with Gasteiger partial charge in [-0.2, -0.15) is 5.10 Å². The SMILES string of the molecule is Cn1ncc(Br)c1CN1CCNCC1c1ccccc1Cl. The molecule has 0 saturated carbocycles. The molecule has 1 unspecified atom stereocenters. The standard InChI is InChI=1S/C15H18BrClN4/c1-20-15(12(16)8-19-20)10-21-7-6-18-9-14(21)11-4-2-3-5-13(11)17/h2-5,8,14,18H,6-7,9-10H2,1H3. The van der Waals surface area contributed by atoms with Gasteiger partial charge >= 0.3 is 0 Å². The highest BCUT2D eigenvalue weighted by atomic mass is 79.9. The number of piperazine rings is 1. The van der Waals surface area contributed by atoms with Crippen molar-refractivity contribution in [3.05, 3.63) is 51.2 Å². The van der Waals surface area contributed by atoms with Crippen LogP contribution in [0, 0.1) is 0 Å². The van der Waals surface area contributed by atoms with Crippen molar-refractivity contribution in [2.24, 2.45) is 7.05 Å². The Labute approximate surface area is 138 Å². The van der Waals surface area contributed by atoms with Crippen LogP contribution >= 0.6 is 27.5 Å². The van der Waals surface area contributed by atoms with E-state index in [0.29, 0.717) is 0 Å². The molecule has 1 N–H and O–H groups in total. The Kier molecular flexibility index (Phi) is 4.64. The molecule has 3 rings (SSSR count). The molecule has 1 atom stereocenters. The lowest BCUT2D eigenvalue weighted by atomic mass is 10.0. The van der Waals surface area contributed by atoms with Crippen LogP contribution in [0.5, 0.6) is 0 Å². The zero-order chi connectivity index (χ0) is 14.8. The summed E-state index contributed by atoms with van der Waals surface area (Å²) in [4.78, 5) is 2.46. The van der Waals surface area contributed by atoms with Gasteiger partial charge < -0.3 is 5.32 Å². The maximum atomic E-state index is 6.39. The van der Waals surface area contributed by atoms with Crippen LogP contribution in [0.1, 0.15) is 17.3 Å². The quantitative estimate of drug-likeness (QED) is 0.903. The third-order valence-corrected chi connectivity index (χ3v) is 4.99. The van der Waals surface area contributed by atoms with Crippen molar-refractivity contribution in [1.82, 2.24) is 20.0 Å². The molecule has 0 spiro atoms. The summed E-state index contributed by atoms with van der Waals surface area (Å²) in [6.07, 6.45) is 1.85. The molecule has 1 aliphatic rings. The van der Waals surface area contributed by atoms with Crippen molar-refractivity contribution in [3.8, 4) is 0 Å². The fourth-order valence-electron chi connectivity index (χ4n) is 2.79. The molecule has 0 radical (unpaired) electrons. The number of benzene rings is 1. The molecule has 1 aromatic heterocycles. The number of aromatic nitrogens is 2. The summed E-state index contributed by atoms with van der Waals surface area (Å²) in [7, 11) is 1.98. The van der Waals surface area contributed by atoms with Gasteiger partial charge in [0.05, 0.1) is 16.4 Å². The highest BCUT2D eigenvalue weighted by Gasteiger charge is 2.26. The molecule has 0 bridgehead atoms. The first kappa shape index (κ1) is 15.0. The van der Waals surface area contributed by atoms with Crippen LogP contribution in [0.3, 0.4) is 0 Å². The molecule has 0 amide bonds. The van der Waals surface area contributed by atoms with Crippen LogP contribution in [-0.4, -0.2) is 34.3 Å². The van der Waals surface area contributed by atoms with Crippen LogP contribution < -0.4 is 5.32 Å². The predicted octanol–water partition coefficient (Wildman–Crippen LogP) is 2.98. The van der Waals surface area contributed by atoms with Gasteiger partial charge in [0, 0.05) is 44.3 Å². The van der Waals surface area contributed by atoms with Crippen molar-refractivity contribution in [1.29, 1.82) is 0 Å². The molecule has 2 heterocycles. The lowest BCUT2D eigenvalue weighted by Crippen LogP contribution is -2.45. The average molecular weight is 370 g/mol. The summed E-state index contributed by atoms with van der Waals surface area (Å²) in [6, 6.07) is 8.39. The van der Waals surface area contributed by atoms with E-state index in [2.05, 4.69) is 37.3 Å². The van der Waals surface area contributed by atoms with Crippen LogP contribution in [-0.2, 0) is 13.6 Å². The molecule has 2 aromatic rings. The van der Waals surface area contributed by atoms with Crippen LogP contribution in [0.4, 0.5) is 0 Å². The van der Waals surface area contributed by atoms with Crippen molar-refractivity contribution >= 4 is 27.5 Å². The molecule has 1 aromatic carbocycles. The van der Waals surface area contributed by atoms with E-state index in [-0.39, 0.29) is 6.04 Å². The van der Waals surface area contributed by atoms with E-state index in [1.54, 1.807) is 0 Å². The molecular formula is C15H18BrClN4. The molecule has 0 aliphatic carbocycles. The molecule has 1 aliphatic heterocycles. The van der Waals surface area contributed by atoms with Gasteiger partial charge in [-0.1, -0.05) is 29.8 Å². The van der Waals surface area contributed by atoms with Crippen molar-refractivity contribution in [2.45, 2.75) is 12.6 Å². The van der Waals surface area contributed by atoms with Crippen molar-refractivity contribution in [2.75, 3.05) is 19.6 Å². The van der Waals surface area contributed by atoms with Crippen molar-refractivity contribution in [3.63, 3.8) is 0 Å². The molecule has 1 saturated heterocycles. The summed E-state index contributed by atoms with van der Waals surface area (Å²) in [5, 5.41) is 8.60. The van der Waals surface area contributed by atoms with Crippen LogP contribution in [0.25, 0.3) is 0 Å². The van der Waals surface area contributed by atoms with E-state index in [1.807, 2.05) is 36.1 Å². The first-order valence-electron chi connectivity index (χ1n) is 7.02. The molecule has 1 fully saturated rings. The molecule has 21 heavy (non-hydrogen) atoms. The minimum Gasteiger partial charge on any atom is -0.314 e. The van der Waals surface area contributed by atoms with E-state index in [9.17, 15) is 0 Å². The van der Waals surface area contributed by atoms with Gasteiger partial charge in [0.2, 0.25) is 0 Å². The molecule has 4 nitrogen and oxygen atoms in total. The second-order valence-corrected chi connectivity index (χ2v) is 6.54.